The molecule has 0 aliphatic rings. The maximum atomic E-state index is 13.6. The van der Waals surface area contributed by atoms with Gasteiger partial charge in [0, 0.05) is 27.8 Å². The summed E-state index contributed by atoms with van der Waals surface area (Å²) in [7, 11) is 0. The van der Waals surface area contributed by atoms with Crippen LogP contribution in [0.4, 0.5) is 10.1 Å². The van der Waals surface area contributed by atoms with E-state index in [-0.39, 0.29) is 5.82 Å². The lowest BCUT2D eigenvalue weighted by Gasteiger charge is -2.10. The molecule has 0 unspecified atom stereocenters. The van der Waals surface area contributed by atoms with Crippen LogP contribution in [-0.2, 0) is 6.54 Å². The van der Waals surface area contributed by atoms with Gasteiger partial charge in [-0.3, -0.25) is 0 Å². The molecule has 0 fully saturated rings. The Kier molecular flexibility index (Phi) is 4.10. The summed E-state index contributed by atoms with van der Waals surface area (Å²) < 4.78 is 13.6. The summed E-state index contributed by atoms with van der Waals surface area (Å²) in [5.74, 6) is -0.310. The third kappa shape index (κ3) is 3.15. The fourth-order valence-corrected chi connectivity index (χ4v) is 1.97. The lowest BCUT2D eigenvalue weighted by Crippen LogP contribution is -2.03. The summed E-state index contributed by atoms with van der Waals surface area (Å²) in [5, 5.41) is 4.21. The highest BCUT2D eigenvalue weighted by Crippen LogP contribution is 2.22. The van der Waals surface area contributed by atoms with Crippen molar-refractivity contribution in [3.8, 4) is 0 Å². The van der Waals surface area contributed by atoms with E-state index < -0.39 is 0 Å². The van der Waals surface area contributed by atoms with Crippen LogP contribution in [0.15, 0.2) is 36.4 Å². The Balaban J connectivity index is 2.13. The molecule has 2 rings (SSSR count). The number of rotatable bonds is 3. The van der Waals surface area contributed by atoms with Crippen molar-refractivity contribution >= 4 is 28.9 Å². The quantitative estimate of drug-likeness (QED) is 0.831. The van der Waals surface area contributed by atoms with E-state index in [0.29, 0.717) is 22.2 Å². The molecule has 2 aromatic carbocycles. The minimum Gasteiger partial charge on any atom is -0.381 e. The van der Waals surface area contributed by atoms with Crippen LogP contribution < -0.4 is 5.32 Å². The molecule has 0 aliphatic carbocycles. The number of hydrogen-bond donors (Lipinski definition) is 1. The molecule has 0 saturated heterocycles. The smallest absolute Gasteiger partial charge is 0.129 e. The van der Waals surface area contributed by atoms with E-state index in [1.165, 1.54) is 6.07 Å². The maximum Gasteiger partial charge on any atom is 0.129 e. The van der Waals surface area contributed by atoms with Crippen molar-refractivity contribution in [2.75, 3.05) is 5.32 Å². The van der Waals surface area contributed by atoms with Gasteiger partial charge in [0.05, 0.1) is 0 Å². The molecule has 1 nitrogen and oxygen atoms in total. The van der Waals surface area contributed by atoms with Crippen LogP contribution in [0.3, 0.4) is 0 Å². The van der Waals surface area contributed by atoms with Crippen LogP contribution in [0, 0.1) is 12.7 Å². The van der Waals surface area contributed by atoms with Crippen LogP contribution in [0.1, 0.15) is 11.1 Å². The summed E-state index contributed by atoms with van der Waals surface area (Å²) >= 11 is 11.6. The molecule has 94 valence electrons. The second-order valence-electron chi connectivity index (χ2n) is 4.05. The molecule has 0 atom stereocenters. The SMILES string of the molecule is Cc1ccc(Cl)cc1NCc1ccc(Cl)cc1F. The van der Waals surface area contributed by atoms with Gasteiger partial charge in [-0.05, 0) is 36.8 Å². The number of anilines is 1. The van der Waals surface area contributed by atoms with Gasteiger partial charge in [0.15, 0.2) is 0 Å². The summed E-state index contributed by atoms with van der Waals surface area (Å²) in [6.07, 6.45) is 0. The minimum absolute atomic E-state index is 0.310. The van der Waals surface area contributed by atoms with Crippen LogP contribution >= 0.6 is 23.2 Å². The number of halogens is 3. The predicted molar refractivity (Wildman–Crippen MR) is 74.9 cm³/mol. The number of nitrogens with one attached hydrogen (secondary N) is 1. The van der Waals surface area contributed by atoms with Crippen LogP contribution in [-0.4, -0.2) is 0 Å². The number of hydrogen-bond acceptors (Lipinski definition) is 1. The maximum absolute atomic E-state index is 13.6. The first-order valence-electron chi connectivity index (χ1n) is 5.50. The van der Waals surface area contributed by atoms with E-state index in [4.69, 9.17) is 23.2 Å². The van der Waals surface area contributed by atoms with Gasteiger partial charge in [-0.15, -0.1) is 0 Å². The molecule has 0 spiro atoms. The third-order valence-corrected chi connectivity index (χ3v) is 3.15. The molecule has 4 heteroatoms. The van der Waals surface area contributed by atoms with Crippen molar-refractivity contribution in [1.82, 2.24) is 0 Å². The topological polar surface area (TPSA) is 12.0 Å². The average molecular weight is 284 g/mol. The van der Waals surface area contributed by atoms with E-state index in [9.17, 15) is 4.39 Å². The van der Waals surface area contributed by atoms with Gasteiger partial charge in [-0.1, -0.05) is 35.3 Å². The molecule has 1 N–H and O–H groups in total. The summed E-state index contributed by atoms with van der Waals surface area (Å²) in [5.41, 5.74) is 2.53. The van der Waals surface area contributed by atoms with E-state index in [2.05, 4.69) is 5.32 Å². The number of aryl methyl sites for hydroxylation is 1. The highest BCUT2D eigenvalue weighted by Gasteiger charge is 2.04. The van der Waals surface area contributed by atoms with E-state index in [1.807, 2.05) is 25.1 Å². The van der Waals surface area contributed by atoms with Crippen LogP contribution in [0.2, 0.25) is 10.0 Å². The number of benzene rings is 2. The molecular formula is C14H12Cl2FN. The molecule has 0 aromatic heterocycles. The Hall–Kier alpha value is -1.25. The summed E-state index contributed by atoms with van der Waals surface area (Å²) in [6.45, 7) is 2.36. The molecule has 0 aliphatic heterocycles. The second kappa shape index (κ2) is 5.59. The zero-order valence-electron chi connectivity index (χ0n) is 9.81. The molecule has 0 saturated carbocycles. The average Bonchev–Trinajstić information content (AvgIpc) is 2.32. The largest absolute Gasteiger partial charge is 0.381 e. The molecule has 2 aromatic rings. The van der Waals surface area contributed by atoms with Crippen molar-refractivity contribution in [2.24, 2.45) is 0 Å². The minimum atomic E-state index is -0.310. The molecule has 0 heterocycles. The molecule has 18 heavy (non-hydrogen) atoms. The first-order valence-corrected chi connectivity index (χ1v) is 6.26. The Bertz CT molecular complexity index is 570. The molecule has 0 radical (unpaired) electrons. The fourth-order valence-electron chi connectivity index (χ4n) is 1.64. The zero-order chi connectivity index (χ0) is 13.1. The molecular weight excluding hydrogens is 272 g/mol. The highest BCUT2D eigenvalue weighted by molar-refractivity contribution is 6.31. The normalized spacial score (nSPS) is 10.4. The monoisotopic (exact) mass is 283 g/mol. The molecule has 0 amide bonds. The van der Waals surface area contributed by atoms with Crippen LogP contribution in [0.25, 0.3) is 0 Å². The fraction of sp³-hybridized carbons (Fsp3) is 0.143. The lowest BCUT2D eigenvalue weighted by molar-refractivity contribution is 0.613. The Morgan fingerprint density at radius 2 is 1.72 bits per heavy atom. The van der Waals surface area contributed by atoms with Crippen molar-refractivity contribution in [3.63, 3.8) is 0 Å². The van der Waals surface area contributed by atoms with Gasteiger partial charge >= 0.3 is 0 Å². The first-order chi connectivity index (χ1) is 8.56. The van der Waals surface area contributed by atoms with Gasteiger partial charge in [-0.2, -0.15) is 0 Å². The zero-order valence-corrected chi connectivity index (χ0v) is 11.3. The van der Waals surface area contributed by atoms with Crippen molar-refractivity contribution in [2.45, 2.75) is 13.5 Å². The van der Waals surface area contributed by atoms with Gasteiger partial charge in [0.2, 0.25) is 0 Å². The van der Waals surface area contributed by atoms with Crippen LogP contribution in [0.5, 0.6) is 0 Å². The summed E-state index contributed by atoms with van der Waals surface area (Å²) in [4.78, 5) is 0. The van der Waals surface area contributed by atoms with Gasteiger partial charge in [0.1, 0.15) is 5.82 Å². The van der Waals surface area contributed by atoms with Crippen molar-refractivity contribution < 1.29 is 4.39 Å². The standard InChI is InChI=1S/C14H12Cl2FN/c1-9-2-4-12(16)7-14(9)18-8-10-3-5-11(15)6-13(10)17/h2-7,18H,8H2,1H3. The Labute approximate surface area is 116 Å². The van der Waals surface area contributed by atoms with E-state index in [1.54, 1.807) is 12.1 Å². The van der Waals surface area contributed by atoms with E-state index >= 15 is 0 Å². The van der Waals surface area contributed by atoms with Gasteiger partial charge in [0.25, 0.3) is 0 Å². The highest BCUT2D eigenvalue weighted by atomic mass is 35.5. The Morgan fingerprint density at radius 1 is 1.06 bits per heavy atom. The van der Waals surface area contributed by atoms with Crippen molar-refractivity contribution in [1.29, 1.82) is 0 Å². The first kappa shape index (κ1) is 13.2. The van der Waals surface area contributed by atoms with Gasteiger partial charge < -0.3 is 5.32 Å². The predicted octanol–water partition coefficient (Wildman–Crippen LogP) is 5.05. The Morgan fingerprint density at radius 3 is 2.44 bits per heavy atom. The second-order valence-corrected chi connectivity index (χ2v) is 4.92. The van der Waals surface area contributed by atoms with Crippen molar-refractivity contribution in [3.05, 3.63) is 63.4 Å². The summed E-state index contributed by atoms with van der Waals surface area (Å²) in [6, 6.07) is 10.2. The molecule has 0 bridgehead atoms. The lowest BCUT2D eigenvalue weighted by atomic mass is 10.1. The third-order valence-electron chi connectivity index (χ3n) is 2.68. The van der Waals surface area contributed by atoms with E-state index in [0.717, 1.165) is 11.3 Å². The van der Waals surface area contributed by atoms with Gasteiger partial charge in [-0.25, -0.2) is 4.39 Å².